The summed E-state index contributed by atoms with van der Waals surface area (Å²) in [5.74, 6) is 0. The summed E-state index contributed by atoms with van der Waals surface area (Å²) < 4.78 is 11.5. The zero-order valence-electron chi connectivity index (χ0n) is 77.8. The fourth-order valence-electron chi connectivity index (χ4n) is 23.6. The summed E-state index contributed by atoms with van der Waals surface area (Å²) in [6.07, 6.45) is 1.05. The van der Waals surface area contributed by atoms with Gasteiger partial charge in [0.15, 0.2) is 0 Å². The highest BCUT2D eigenvalue weighted by molar-refractivity contribution is 8.01. The van der Waals surface area contributed by atoms with Gasteiger partial charge in [-0.25, -0.2) is 24.9 Å². The smallest absolute Gasteiger partial charge is 0.146 e. The molecule has 15 heterocycles. The Morgan fingerprint density at radius 2 is 0.567 bits per heavy atom. The van der Waals surface area contributed by atoms with Gasteiger partial charge in [0.25, 0.3) is 0 Å². The number of rotatable bonds is 4. The minimum absolute atomic E-state index is 0.0289. The van der Waals surface area contributed by atoms with Crippen LogP contribution in [0, 0.1) is 62.3 Å². The molecule has 24 aromatic rings. The standard InChI is InChI=1S/C30H22N2S.C29H20N2S.C21H20N2.2C20H18N2S/c1-19-17-18-25-27-26(19)23-15-9-10-16-24(23)29-31-20(2)28(32(27)29)30(33-25,21-11-5-3-6-12-21)22-13-7-4-8-14-22;1-19-28-31-26-23(22-15-8-9-16-24(22)27(31)30-19)17-10-18-25(26)29(32-28,20-11-4-2-5-12-20)21-13-6-3-7-14-21;1-12-9-10-16-19-18(12)14-7-5-6-8-15(14)20-22-13(2)17(23(19)20)11-21(16,3)4;1-11-9-10-15-17-16(11)13-7-5-6-8-14(13)18-21-12(2)19(22(17)18)23-20(15,3)4;1-11-9-10-15-17-16(11)13-7-5-6-8-14(13)19-21-12(2)18(22(17)19)20(3,4)23-15/h3-18H,1-2H3;2-18H,1H3;5-10H,11H2,1-4H3;2*5-10H,1-4H3. The lowest BCUT2D eigenvalue weighted by atomic mass is 9.76. The van der Waals surface area contributed by atoms with Gasteiger partial charge in [-0.3, -0.25) is 22.0 Å². The van der Waals surface area contributed by atoms with E-state index in [9.17, 15) is 0 Å². The number of nitrogens with zero attached hydrogens (tertiary/aromatic N) is 10. The molecule has 134 heavy (non-hydrogen) atoms. The molecule has 29 rings (SSSR count). The predicted molar refractivity (Wildman–Crippen MR) is 565 cm³/mol. The number of benzene rings is 14. The molecule has 0 radical (unpaired) electrons. The molecule has 0 atom stereocenters. The Bertz CT molecular complexity index is 8930. The molecule has 0 spiro atoms. The van der Waals surface area contributed by atoms with Crippen LogP contribution in [-0.4, -0.2) is 46.9 Å². The predicted octanol–water partition coefficient (Wildman–Crippen LogP) is 31.3. The Balaban J connectivity index is 0.0000000904. The van der Waals surface area contributed by atoms with Crippen LogP contribution in [0.1, 0.15) is 148 Å². The third kappa shape index (κ3) is 11.7. The SMILES string of the molecule is Cc1nc2c3ccccc3c3c(C)ccc4c3n2c1C(C)(C)S4.Cc1nc2c3ccccc3c3c(C)ccc4c3n2c1C(c1ccccc1)(c1ccccc1)S4.Cc1nc2c3ccccc3c3c(C)ccc4c3n2c1CC4(C)C.Cc1nc2c3ccccc3c3c(C)ccc4c3n2c1SC4(C)C.Cc1nc2c3ccccc3c3cccc4c3n2c1SC4(c1ccccc1)c1ccccc1. The molecule has 0 saturated carbocycles. The Kier molecular flexibility index (Phi) is 18.5. The molecule has 0 saturated heterocycles. The second kappa shape index (κ2) is 30.0. The molecule has 652 valence electrons. The Hall–Kier alpha value is -13.5. The van der Waals surface area contributed by atoms with Gasteiger partial charge in [0, 0.05) is 79.7 Å². The molecule has 0 aliphatic carbocycles. The van der Waals surface area contributed by atoms with E-state index in [1.807, 2.05) is 47.0 Å². The molecular weight excluding hydrogens is 1710 g/mol. The monoisotopic (exact) mass is 1810 g/mol. The van der Waals surface area contributed by atoms with E-state index in [4.69, 9.17) is 24.9 Å². The van der Waals surface area contributed by atoms with Gasteiger partial charge in [0.05, 0.1) is 76.9 Å². The Morgan fingerprint density at radius 3 is 1.04 bits per heavy atom. The summed E-state index contributed by atoms with van der Waals surface area (Å²) in [5.41, 5.74) is 36.3. The molecule has 0 fully saturated rings. The van der Waals surface area contributed by atoms with Crippen molar-refractivity contribution < 1.29 is 0 Å². The number of hydrogen-bond donors (Lipinski definition) is 0. The quantitative estimate of drug-likeness (QED) is 0.160. The van der Waals surface area contributed by atoms with Gasteiger partial charge in [-0.15, -0.1) is 23.5 Å². The molecular formula is C120H98N10S4. The number of hydrogen-bond acceptors (Lipinski definition) is 9. The summed E-state index contributed by atoms with van der Waals surface area (Å²) in [7, 11) is 0. The molecule has 0 N–H and O–H groups in total. The lowest BCUT2D eigenvalue weighted by Crippen LogP contribution is -2.30. The van der Waals surface area contributed by atoms with Crippen LogP contribution in [0.25, 0.3) is 137 Å². The topological polar surface area (TPSA) is 86.5 Å². The lowest BCUT2D eigenvalue weighted by Gasteiger charge is -2.39. The van der Waals surface area contributed by atoms with E-state index in [-0.39, 0.29) is 24.4 Å². The molecule has 10 nitrogen and oxygen atoms in total. The van der Waals surface area contributed by atoms with E-state index in [1.54, 1.807) is 0 Å². The van der Waals surface area contributed by atoms with Crippen molar-refractivity contribution in [2.75, 3.05) is 0 Å². The number of pyridine rings is 5. The largest absolute Gasteiger partial charge is 0.296 e. The van der Waals surface area contributed by atoms with E-state index in [0.717, 1.165) is 57.4 Å². The zero-order valence-corrected chi connectivity index (χ0v) is 81.0. The third-order valence-electron chi connectivity index (χ3n) is 29.3. The first-order valence-electron chi connectivity index (χ1n) is 46.6. The Morgan fingerprint density at radius 1 is 0.231 bits per heavy atom. The first kappa shape index (κ1) is 82.4. The van der Waals surface area contributed by atoms with Crippen LogP contribution < -0.4 is 0 Å². The zero-order chi connectivity index (χ0) is 91.2. The van der Waals surface area contributed by atoms with E-state index in [2.05, 4.69) is 435 Å². The van der Waals surface area contributed by atoms with Crippen molar-refractivity contribution >= 4 is 184 Å². The van der Waals surface area contributed by atoms with Gasteiger partial charge in [-0.05, 0) is 197 Å². The van der Waals surface area contributed by atoms with Gasteiger partial charge in [0.2, 0.25) is 0 Å². The van der Waals surface area contributed by atoms with Crippen LogP contribution in [0.2, 0.25) is 0 Å². The van der Waals surface area contributed by atoms with Gasteiger partial charge < -0.3 is 0 Å². The van der Waals surface area contributed by atoms with Crippen LogP contribution >= 0.6 is 47.0 Å². The average molecular weight is 1810 g/mol. The van der Waals surface area contributed by atoms with E-state index in [0.29, 0.717) is 0 Å². The van der Waals surface area contributed by atoms with Crippen LogP contribution in [0.5, 0.6) is 0 Å². The second-order valence-electron chi connectivity index (χ2n) is 38.8. The molecule has 0 unspecified atom stereocenters. The van der Waals surface area contributed by atoms with Crippen molar-refractivity contribution in [1.82, 2.24) is 46.9 Å². The van der Waals surface area contributed by atoms with Gasteiger partial charge in [-0.2, -0.15) is 0 Å². The van der Waals surface area contributed by atoms with Crippen molar-refractivity contribution in [2.45, 2.75) is 155 Å². The summed E-state index contributed by atoms with van der Waals surface area (Å²) in [6, 6.07) is 112. The van der Waals surface area contributed by atoms with Crippen LogP contribution in [0.15, 0.2) is 329 Å². The number of thioether (sulfide) groups is 4. The van der Waals surface area contributed by atoms with Crippen molar-refractivity contribution in [3.05, 3.63) is 416 Å². The minimum Gasteiger partial charge on any atom is -0.296 e. The van der Waals surface area contributed by atoms with Crippen molar-refractivity contribution in [3.63, 3.8) is 0 Å². The fourth-order valence-corrected chi connectivity index (χ4v) is 29.2. The maximum absolute atomic E-state index is 5.22. The number of fused-ring (bicyclic) bond motifs is 15. The highest BCUT2D eigenvalue weighted by atomic mass is 32.2. The van der Waals surface area contributed by atoms with Crippen molar-refractivity contribution in [3.8, 4) is 0 Å². The van der Waals surface area contributed by atoms with Crippen LogP contribution in [-0.2, 0) is 30.8 Å². The molecule has 14 heteroatoms. The van der Waals surface area contributed by atoms with Crippen LogP contribution in [0.4, 0.5) is 0 Å². The van der Waals surface area contributed by atoms with E-state index in [1.165, 1.54) is 212 Å². The summed E-state index contributed by atoms with van der Waals surface area (Å²) in [5, 5.41) is 21.9. The Labute approximate surface area is 795 Å². The summed E-state index contributed by atoms with van der Waals surface area (Å²) in [4.78, 5) is 27.8. The van der Waals surface area contributed by atoms with E-state index < -0.39 is 0 Å². The van der Waals surface area contributed by atoms with Crippen LogP contribution in [0.3, 0.4) is 0 Å². The summed E-state index contributed by atoms with van der Waals surface area (Å²) in [6.45, 7) is 33.6. The molecule has 0 amide bonds. The fraction of sp³-hybridized carbons (Fsp3) is 0.175. The number of para-hydroxylation sites is 1. The summed E-state index contributed by atoms with van der Waals surface area (Å²) >= 11 is 7.75. The molecule has 0 bridgehead atoms. The minimum atomic E-state index is -0.385. The molecule has 10 aromatic heterocycles. The maximum atomic E-state index is 5.22. The van der Waals surface area contributed by atoms with Crippen molar-refractivity contribution in [1.29, 1.82) is 0 Å². The number of imidazole rings is 5. The van der Waals surface area contributed by atoms with Gasteiger partial charge in [-0.1, -0.05) is 335 Å². The molecule has 14 aromatic carbocycles. The van der Waals surface area contributed by atoms with Crippen molar-refractivity contribution in [2.24, 2.45) is 0 Å². The highest BCUT2D eigenvalue weighted by Gasteiger charge is 2.48. The van der Waals surface area contributed by atoms with Gasteiger partial charge in [0.1, 0.15) is 43.0 Å². The van der Waals surface area contributed by atoms with E-state index >= 15 is 0 Å². The number of aryl methyl sites for hydroxylation is 9. The average Bonchev–Trinajstić information content (AvgIpc) is 1.45. The maximum Gasteiger partial charge on any atom is 0.146 e. The number of aromatic nitrogens is 10. The first-order chi connectivity index (χ1) is 65.0. The first-order valence-corrected chi connectivity index (χ1v) is 49.9. The second-order valence-corrected chi connectivity index (χ2v) is 44.5. The normalized spacial score (nSPS) is 15.3. The molecule has 5 aliphatic rings. The lowest BCUT2D eigenvalue weighted by molar-refractivity contribution is 0.504. The van der Waals surface area contributed by atoms with Gasteiger partial charge >= 0.3 is 0 Å². The highest BCUT2D eigenvalue weighted by Crippen LogP contribution is 2.62. The third-order valence-corrected chi connectivity index (χ3v) is 35.2. The molecule has 5 aliphatic heterocycles.